The smallest absolute Gasteiger partial charge is 0.341 e. The molecule has 3 heterocycles. The van der Waals surface area contributed by atoms with Gasteiger partial charge in [0.05, 0.1) is 6.10 Å². The lowest BCUT2D eigenvalue weighted by atomic mass is 9.82. The summed E-state index contributed by atoms with van der Waals surface area (Å²) in [6.07, 6.45) is 0.756. The summed E-state index contributed by atoms with van der Waals surface area (Å²) in [6.45, 7) is 5.57. The summed E-state index contributed by atoms with van der Waals surface area (Å²) in [5, 5.41) is 10.7. The molecule has 2 fully saturated rings. The van der Waals surface area contributed by atoms with Crippen molar-refractivity contribution in [3.63, 3.8) is 0 Å². The maximum atomic E-state index is 12.9. The number of hydrogen-bond acceptors (Lipinski definition) is 8. The Balaban J connectivity index is 1.97. The van der Waals surface area contributed by atoms with E-state index in [9.17, 15) is 19.5 Å². The largest absolute Gasteiger partial charge is 0.459 e. The van der Waals surface area contributed by atoms with E-state index in [2.05, 4.69) is 0 Å². The maximum absolute atomic E-state index is 12.9. The molecule has 27 heavy (non-hydrogen) atoms. The molecule has 1 spiro atoms. The Morgan fingerprint density at radius 2 is 1.89 bits per heavy atom. The Kier molecular flexibility index (Phi) is 5.18. The topological polar surface area (TPSA) is 106 Å². The van der Waals surface area contributed by atoms with E-state index in [0.717, 1.165) is 0 Å². The highest BCUT2D eigenvalue weighted by atomic mass is 16.7. The van der Waals surface area contributed by atoms with E-state index < -0.39 is 41.3 Å². The normalized spacial score (nSPS) is 41.4. The highest BCUT2D eigenvalue weighted by Crippen LogP contribution is 2.45. The van der Waals surface area contributed by atoms with Gasteiger partial charge in [0.2, 0.25) is 5.78 Å². The zero-order chi connectivity index (χ0) is 20.0. The van der Waals surface area contributed by atoms with Gasteiger partial charge in [0.1, 0.15) is 6.61 Å². The molecule has 3 aliphatic heterocycles. The summed E-state index contributed by atoms with van der Waals surface area (Å²) in [7, 11) is 1.89. The number of fused-ring (bicyclic) bond motifs is 2. The number of likely N-dealkylation sites (N-methyl/N-ethyl adjacent to an activating group) is 1. The molecule has 0 aromatic heterocycles. The van der Waals surface area contributed by atoms with Crippen LogP contribution in [0.3, 0.4) is 0 Å². The lowest BCUT2D eigenvalue weighted by molar-refractivity contribution is -0.173. The molecule has 0 aliphatic carbocycles. The second-order valence-corrected chi connectivity index (χ2v) is 8.02. The third-order valence-corrected chi connectivity index (χ3v) is 5.95. The number of cyclic esters (lactones) is 1. The van der Waals surface area contributed by atoms with Crippen LogP contribution in [0.15, 0.2) is 11.6 Å². The van der Waals surface area contributed by atoms with Crippen LogP contribution in [0.1, 0.15) is 33.6 Å². The molecule has 3 rings (SSSR count). The molecule has 8 heteroatoms. The van der Waals surface area contributed by atoms with Crippen molar-refractivity contribution in [1.82, 2.24) is 4.90 Å². The van der Waals surface area contributed by atoms with Crippen molar-refractivity contribution in [1.29, 1.82) is 0 Å². The average molecular weight is 381 g/mol. The van der Waals surface area contributed by atoms with Gasteiger partial charge in [-0.2, -0.15) is 0 Å². The van der Waals surface area contributed by atoms with Gasteiger partial charge < -0.3 is 24.2 Å². The fourth-order valence-electron chi connectivity index (χ4n) is 3.54. The molecule has 0 saturated carbocycles. The van der Waals surface area contributed by atoms with Gasteiger partial charge in [0.15, 0.2) is 17.3 Å². The van der Waals surface area contributed by atoms with E-state index in [1.54, 1.807) is 19.9 Å². The lowest BCUT2D eigenvalue weighted by Crippen LogP contribution is -2.48. The van der Waals surface area contributed by atoms with Gasteiger partial charge in [-0.05, 0) is 33.2 Å². The average Bonchev–Trinajstić information content (AvgIpc) is 3.26. The zero-order valence-electron chi connectivity index (χ0n) is 16.2. The quantitative estimate of drug-likeness (QED) is 0.469. The molecule has 1 N–H and O–H groups in total. The summed E-state index contributed by atoms with van der Waals surface area (Å²) < 4.78 is 16.4. The van der Waals surface area contributed by atoms with Crippen molar-refractivity contribution >= 4 is 17.7 Å². The van der Waals surface area contributed by atoms with Crippen LogP contribution in [0.2, 0.25) is 0 Å². The molecular weight excluding hydrogens is 354 g/mol. The fraction of sp³-hybridized carbons (Fsp3) is 0.737. The van der Waals surface area contributed by atoms with Crippen molar-refractivity contribution in [2.45, 2.75) is 57.0 Å². The molecule has 2 saturated heterocycles. The first-order valence-corrected chi connectivity index (χ1v) is 9.28. The number of ketones is 1. The van der Waals surface area contributed by atoms with Gasteiger partial charge in [-0.1, -0.05) is 13.0 Å². The van der Waals surface area contributed by atoms with Crippen LogP contribution in [-0.2, 0) is 28.6 Å². The molecule has 0 amide bonds. The van der Waals surface area contributed by atoms with Gasteiger partial charge in [0, 0.05) is 25.1 Å². The molecule has 0 aromatic carbocycles. The van der Waals surface area contributed by atoms with Crippen LogP contribution in [0.4, 0.5) is 0 Å². The van der Waals surface area contributed by atoms with E-state index in [0.29, 0.717) is 19.5 Å². The van der Waals surface area contributed by atoms with Crippen LogP contribution in [-0.4, -0.2) is 77.9 Å². The minimum atomic E-state index is -1.82. The molecular formula is C19H27NO7. The number of hydrogen-bond donors (Lipinski definition) is 1. The summed E-state index contributed by atoms with van der Waals surface area (Å²) in [5.74, 6) is -2.43. The number of Topliss-reactive ketones (excluding diaryl/α,β-unsaturated/α-hetero) is 1. The number of ether oxygens (including phenoxy) is 3. The van der Waals surface area contributed by atoms with E-state index in [1.807, 2.05) is 11.9 Å². The third kappa shape index (κ3) is 3.66. The van der Waals surface area contributed by atoms with E-state index in [-0.39, 0.29) is 24.4 Å². The summed E-state index contributed by atoms with van der Waals surface area (Å²) in [6, 6.07) is 0. The number of carbonyl (C=O) groups excluding carboxylic acids is 3. The van der Waals surface area contributed by atoms with E-state index in [1.165, 1.54) is 6.92 Å². The predicted octanol–water partition coefficient (Wildman–Crippen LogP) is 0.221. The highest BCUT2D eigenvalue weighted by molar-refractivity contribution is 6.01. The first-order chi connectivity index (χ1) is 12.6. The van der Waals surface area contributed by atoms with Crippen molar-refractivity contribution < 1.29 is 33.7 Å². The van der Waals surface area contributed by atoms with Crippen molar-refractivity contribution in [3.8, 4) is 0 Å². The summed E-state index contributed by atoms with van der Waals surface area (Å²) in [4.78, 5) is 40.2. The van der Waals surface area contributed by atoms with Crippen molar-refractivity contribution in [2.24, 2.45) is 5.92 Å². The molecule has 150 valence electrons. The number of esters is 2. The second kappa shape index (κ2) is 7.00. The highest BCUT2D eigenvalue weighted by Gasteiger charge is 2.63. The molecule has 3 aliphatic rings. The Hall–Kier alpha value is -1.77. The van der Waals surface area contributed by atoms with Crippen LogP contribution in [0.5, 0.6) is 0 Å². The van der Waals surface area contributed by atoms with Gasteiger partial charge in [-0.15, -0.1) is 0 Å². The first kappa shape index (κ1) is 20.0. The molecule has 0 aromatic rings. The SMILES string of the molecule is CC1O[C@@]12C[C@@H](C)C(C)(O)C(=O)OCC1=CCN(C)CCC(OC2=O)C1=O. The summed E-state index contributed by atoms with van der Waals surface area (Å²) in [5.41, 5.74) is -2.81. The Bertz CT molecular complexity index is 686. The Morgan fingerprint density at radius 3 is 2.52 bits per heavy atom. The monoisotopic (exact) mass is 381 g/mol. The standard InChI is InChI=1S/C19H27NO7/c1-11-9-19(12(2)27-19)17(23)26-14-6-8-20(4)7-5-13(15(14)21)10-25-16(22)18(11,3)24/h5,11-12,14,24H,6-10H2,1-4H3/t11-,12?,14?,18?,19+/m1/s1. The lowest BCUT2D eigenvalue weighted by Gasteiger charge is -2.32. The number of carbonyl (C=O) groups is 3. The van der Waals surface area contributed by atoms with Crippen LogP contribution in [0, 0.1) is 5.92 Å². The van der Waals surface area contributed by atoms with E-state index >= 15 is 0 Å². The fourth-order valence-corrected chi connectivity index (χ4v) is 3.54. The Labute approximate surface area is 158 Å². The van der Waals surface area contributed by atoms with E-state index in [4.69, 9.17) is 14.2 Å². The van der Waals surface area contributed by atoms with Gasteiger partial charge in [-0.25, -0.2) is 9.59 Å². The number of nitrogens with zero attached hydrogens (tertiary/aromatic N) is 1. The van der Waals surface area contributed by atoms with Gasteiger partial charge in [0.25, 0.3) is 0 Å². The molecule has 5 atom stereocenters. The minimum Gasteiger partial charge on any atom is -0.459 e. The molecule has 8 nitrogen and oxygen atoms in total. The first-order valence-electron chi connectivity index (χ1n) is 9.28. The second-order valence-electron chi connectivity index (χ2n) is 8.02. The molecule has 2 bridgehead atoms. The predicted molar refractivity (Wildman–Crippen MR) is 93.7 cm³/mol. The minimum absolute atomic E-state index is 0.0958. The zero-order valence-corrected chi connectivity index (χ0v) is 16.2. The third-order valence-electron chi connectivity index (χ3n) is 5.95. The van der Waals surface area contributed by atoms with Gasteiger partial charge in [-0.3, -0.25) is 4.79 Å². The van der Waals surface area contributed by atoms with Crippen LogP contribution >= 0.6 is 0 Å². The maximum Gasteiger partial charge on any atom is 0.341 e. The Morgan fingerprint density at radius 1 is 1.22 bits per heavy atom. The number of aliphatic hydroxyl groups is 1. The number of rotatable bonds is 0. The molecule has 0 radical (unpaired) electrons. The van der Waals surface area contributed by atoms with Crippen molar-refractivity contribution in [2.75, 3.05) is 26.7 Å². The summed E-state index contributed by atoms with van der Waals surface area (Å²) >= 11 is 0. The molecule has 3 unspecified atom stereocenters. The number of epoxide rings is 1. The van der Waals surface area contributed by atoms with Crippen LogP contribution in [0.25, 0.3) is 0 Å². The van der Waals surface area contributed by atoms with Crippen LogP contribution < -0.4 is 0 Å². The van der Waals surface area contributed by atoms with Gasteiger partial charge >= 0.3 is 11.9 Å². The van der Waals surface area contributed by atoms with Crippen molar-refractivity contribution in [3.05, 3.63) is 11.6 Å².